The molecule has 0 aromatic heterocycles. The molecule has 0 heterocycles. The van der Waals surface area contributed by atoms with Gasteiger partial charge in [-0.3, -0.25) is 9.00 Å². The normalized spacial score (nSPS) is 16.3. The van der Waals surface area contributed by atoms with Crippen molar-refractivity contribution in [3.05, 3.63) is 30.1 Å². The van der Waals surface area contributed by atoms with Gasteiger partial charge in [-0.25, -0.2) is 4.39 Å². The molecule has 3 nitrogen and oxygen atoms in total. The van der Waals surface area contributed by atoms with Crippen molar-refractivity contribution in [1.82, 2.24) is 4.90 Å². The molecule has 1 aromatic carbocycles. The number of rotatable bonds is 5. The van der Waals surface area contributed by atoms with Crippen LogP contribution in [0.4, 0.5) is 4.39 Å². The monoisotopic (exact) mass is 269 g/mol. The van der Waals surface area contributed by atoms with E-state index in [1.807, 2.05) is 6.92 Å². The zero-order valence-electron chi connectivity index (χ0n) is 10.3. The number of hydrogen-bond donors (Lipinski definition) is 0. The van der Waals surface area contributed by atoms with Crippen LogP contribution in [0.25, 0.3) is 0 Å². The van der Waals surface area contributed by atoms with Crippen LogP contribution in [0.5, 0.6) is 0 Å². The molecule has 1 aliphatic carbocycles. The van der Waals surface area contributed by atoms with Gasteiger partial charge in [0.1, 0.15) is 11.6 Å². The average Bonchev–Trinajstić information content (AvgIpc) is 3.15. The van der Waals surface area contributed by atoms with Gasteiger partial charge in [0, 0.05) is 17.5 Å². The molecule has 1 aliphatic rings. The van der Waals surface area contributed by atoms with Gasteiger partial charge in [-0.2, -0.15) is 0 Å². The standard InChI is InChI=1S/C13H16FNO2S/c1-2-15(11-5-6-11)13(16)9-18(17)12-7-3-10(14)4-8-12/h3-4,7-8,11H,2,5-6,9H2,1H3. The van der Waals surface area contributed by atoms with Crippen molar-refractivity contribution in [3.63, 3.8) is 0 Å². The lowest BCUT2D eigenvalue weighted by Crippen LogP contribution is -2.36. The minimum atomic E-state index is -1.39. The van der Waals surface area contributed by atoms with Crippen LogP contribution in [0.2, 0.25) is 0 Å². The Kier molecular flexibility index (Phi) is 4.11. The molecular weight excluding hydrogens is 253 g/mol. The Labute approximate surface area is 108 Å². The molecule has 0 bridgehead atoms. The highest BCUT2D eigenvalue weighted by Gasteiger charge is 2.31. The fourth-order valence-electron chi connectivity index (χ4n) is 1.89. The van der Waals surface area contributed by atoms with Crippen molar-refractivity contribution < 1.29 is 13.4 Å². The highest BCUT2D eigenvalue weighted by molar-refractivity contribution is 7.85. The SMILES string of the molecule is CCN(C(=O)CS(=O)c1ccc(F)cc1)C1CC1. The zero-order valence-corrected chi connectivity index (χ0v) is 11.1. The lowest BCUT2D eigenvalue weighted by Gasteiger charge is -2.19. The van der Waals surface area contributed by atoms with Crippen LogP contribution in [0.15, 0.2) is 29.2 Å². The molecule has 0 N–H and O–H groups in total. The molecule has 1 aromatic rings. The summed E-state index contributed by atoms with van der Waals surface area (Å²) < 4.78 is 24.7. The molecule has 18 heavy (non-hydrogen) atoms. The van der Waals surface area contributed by atoms with E-state index in [9.17, 15) is 13.4 Å². The molecule has 1 fully saturated rings. The number of hydrogen-bond acceptors (Lipinski definition) is 2. The van der Waals surface area contributed by atoms with Gasteiger partial charge in [-0.05, 0) is 44.0 Å². The second-order valence-corrected chi connectivity index (χ2v) is 5.81. The summed E-state index contributed by atoms with van der Waals surface area (Å²) in [5, 5.41) is 0. The van der Waals surface area contributed by atoms with Crippen molar-refractivity contribution in [2.45, 2.75) is 30.7 Å². The highest BCUT2D eigenvalue weighted by Crippen LogP contribution is 2.26. The molecule has 0 aliphatic heterocycles. The molecule has 98 valence electrons. The van der Waals surface area contributed by atoms with Crippen LogP contribution in [-0.2, 0) is 15.6 Å². The Hall–Kier alpha value is -1.23. The van der Waals surface area contributed by atoms with Crippen LogP contribution >= 0.6 is 0 Å². The lowest BCUT2D eigenvalue weighted by molar-refractivity contribution is -0.128. The Morgan fingerprint density at radius 3 is 2.50 bits per heavy atom. The molecule has 1 amide bonds. The molecular formula is C13H16FNO2S. The van der Waals surface area contributed by atoms with Crippen molar-refractivity contribution in [2.75, 3.05) is 12.3 Å². The smallest absolute Gasteiger partial charge is 0.235 e. The maximum atomic E-state index is 12.7. The molecule has 1 saturated carbocycles. The summed E-state index contributed by atoms with van der Waals surface area (Å²) in [6, 6.07) is 5.79. The number of carbonyl (C=O) groups excluding carboxylic acids is 1. The van der Waals surface area contributed by atoms with E-state index in [4.69, 9.17) is 0 Å². The van der Waals surface area contributed by atoms with Crippen LogP contribution in [-0.4, -0.2) is 33.4 Å². The molecule has 1 unspecified atom stereocenters. The van der Waals surface area contributed by atoms with Crippen LogP contribution in [0, 0.1) is 5.82 Å². The van der Waals surface area contributed by atoms with E-state index in [2.05, 4.69) is 0 Å². The minimum absolute atomic E-state index is 0.0179. The largest absolute Gasteiger partial charge is 0.339 e. The van der Waals surface area contributed by atoms with Crippen molar-refractivity contribution in [2.24, 2.45) is 0 Å². The maximum Gasteiger partial charge on any atom is 0.235 e. The summed E-state index contributed by atoms with van der Waals surface area (Å²) in [6.07, 6.45) is 2.09. The molecule has 2 rings (SSSR count). The van der Waals surface area contributed by atoms with E-state index in [-0.39, 0.29) is 17.5 Å². The third-order valence-corrected chi connectivity index (χ3v) is 4.29. The fourth-order valence-corrected chi connectivity index (χ4v) is 2.89. The first-order valence-electron chi connectivity index (χ1n) is 6.05. The molecule has 0 spiro atoms. The van der Waals surface area contributed by atoms with Gasteiger partial charge in [0.05, 0.1) is 10.8 Å². The van der Waals surface area contributed by atoms with Gasteiger partial charge in [-0.15, -0.1) is 0 Å². The zero-order chi connectivity index (χ0) is 13.1. The van der Waals surface area contributed by atoms with Gasteiger partial charge in [0.15, 0.2) is 0 Å². The number of halogens is 1. The van der Waals surface area contributed by atoms with Crippen LogP contribution in [0.1, 0.15) is 19.8 Å². The topological polar surface area (TPSA) is 37.4 Å². The third-order valence-electron chi connectivity index (χ3n) is 2.98. The predicted molar refractivity (Wildman–Crippen MR) is 68.1 cm³/mol. The van der Waals surface area contributed by atoms with E-state index in [1.54, 1.807) is 4.90 Å². The summed E-state index contributed by atoms with van der Waals surface area (Å²) in [5.41, 5.74) is 0. The Bertz CT molecular complexity index is 457. The quantitative estimate of drug-likeness (QED) is 0.819. The van der Waals surface area contributed by atoms with Crippen molar-refractivity contribution in [1.29, 1.82) is 0 Å². The predicted octanol–water partition coefficient (Wildman–Crippen LogP) is 1.94. The van der Waals surface area contributed by atoms with Crippen molar-refractivity contribution in [3.8, 4) is 0 Å². The summed E-state index contributed by atoms with van der Waals surface area (Å²) in [4.78, 5) is 14.2. The molecule has 0 saturated heterocycles. The minimum Gasteiger partial charge on any atom is -0.339 e. The van der Waals surface area contributed by atoms with Gasteiger partial charge in [0.2, 0.25) is 5.91 Å². The lowest BCUT2D eigenvalue weighted by atomic mass is 10.4. The Morgan fingerprint density at radius 2 is 2.00 bits per heavy atom. The van der Waals surface area contributed by atoms with E-state index in [0.717, 1.165) is 12.8 Å². The number of carbonyl (C=O) groups is 1. The fraction of sp³-hybridized carbons (Fsp3) is 0.462. The Balaban J connectivity index is 1.98. The van der Waals surface area contributed by atoms with E-state index >= 15 is 0 Å². The number of benzene rings is 1. The van der Waals surface area contributed by atoms with Crippen molar-refractivity contribution >= 4 is 16.7 Å². The van der Waals surface area contributed by atoms with Gasteiger partial charge >= 0.3 is 0 Å². The summed E-state index contributed by atoms with van der Waals surface area (Å²) in [6.45, 7) is 2.58. The van der Waals surface area contributed by atoms with E-state index < -0.39 is 10.8 Å². The first-order chi connectivity index (χ1) is 8.61. The van der Waals surface area contributed by atoms with Gasteiger partial charge < -0.3 is 4.90 Å². The highest BCUT2D eigenvalue weighted by atomic mass is 32.2. The number of nitrogens with zero attached hydrogens (tertiary/aromatic N) is 1. The van der Waals surface area contributed by atoms with Crippen LogP contribution in [0.3, 0.4) is 0 Å². The second kappa shape index (κ2) is 5.61. The second-order valence-electron chi connectivity index (χ2n) is 4.35. The first-order valence-corrected chi connectivity index (χ1v) is 7.37. The summed E-state index contributed by atoms with van der Waals surface area (Å²) in [7, 11) is -1.39. The molecule has 5 heteroatoms. The Morgan fingerprint density at radius 1 is 1.39 bits per heavy atom. The first kappa shape index (κ1) is 13.2. The van der Waals surface area contributed by atoms with E-state index in [1.165, 1.54) is 24.3 Å². The third kappa shape index (κ3) is 3.16. The summed E-state index contributed by atoms with van der Waals surface area (Å²) >= 11 is 0. The maximum absolute atomic E-state index is 12.7. The summed E-state index contributed by atoms with van der Waals surface area (Å²) in [5.74, 6) is -0.464. The van der Waals surface area contributed by atoms with E-state index in [0.29, 0.717) is 17.5 Å². The number of amides is 1. The van der Waals surface area contributed by atoms with Gasteiger partial charge in [0.25, 0.3) is 0 Å². The molecule has 1 atom stereocenters. The van der Waals surface area contributed by atoms with Gasteiger partial charge in [-0.1, -0.05) is 0 Å². The van der Waals surface area contributed by atoms with Crippen LogP contribution < -0.4 is 0 Å². The molecule has 0 radical (unpaired) electrons. The average molecular weight is 269 g/mol.